The predicted molar refractivity (Wildman–Crippen MR) is 93.8 cm³/mol. The second kappa shape index (κ2) is 7.67. The maximum atomic E-state index is 12.7. The van der Waals surface area contributed by atoms with Gasteiger partial charge in [0.15, 0.2) is 5.82 Å². The first-order valence-corrected chi connectivity index (χ1v) is 8.90. The average Bonchev–Trinajstić information content (AvgIpc) is 3.28. The van der Waals surface area contributed by atoms with Gasteiger partial charge in [-0.15, -0.1) is 0 Å². The van der Waals surface area contributed by atoms with Crippen LogP contribution in [0.25, 0.3) is 5.82 Å². The van der Waals surface area contributed by atoms with Crippen molar-refractivity contribution in [2.75, 3.05) is 13.1 Å². The largest absolute Gasteiger partial charge is 0.417 e. The minimum atomic E-state index is -4.45. The van der Waals surface area contributed by atoms with Crippen molar-refractivity contribution in [3.8, 4) is 5.82 Å². The minimum absolute atomic E-state index is 0.0676. The van der Waals surface area contributed by atoms with Gasteiger partial charge >= 0.3 is 6.18 Å². The van der Waals surface area contributed by atoms with E-state index in [1.54, 1.807) is 0 Å². The predicted octanol–water partition coefficient (Wildman–Crippen LogP) is 2.89. The van der Waals surface area contributed by atoms with Gasteiger partial charge in [-0.2, -0.15) is 18.3 Å². The fourth-order valence-corrected chi connectivity index (χ4v) is 3.19. The van der Waals surface area contributed by atoms with Crippen molar-refractivity contribution in [1.82, 2.24) is 25.4 Å². The van der Waals surface area contributed by atoms with Crippen molar-refractivity contribution < 1.29 is 18.0 Å². The van der Waals surface area contributed by atoms with Crippen LogP contribution in [0.3, 0.4) is 0 Å². The van der Waals surface area contributed by atoms with Crippen molar-refractivity contribution in [2.24, 2.45) is 0 Å². The fraction of sp³-hybridized carbons (Fsp3) is 0.500. The molecule has 27 heavy (non-hydrogen) atoms. The van der Waals surface area contributed by atoms with Crippen molar-refractivity contribution in [3.63, 3.8) is 0 Å². The van der Waals surface area contributed by atoms with Gasteiger partial charge in [-0.1, -0.05) is 13.8 Å². The smallest absolute Gasteiger partial charge is 0.350 e. The Bertz CT molecular complexity index is 792. The topological polar surface area (TPSA) is 71.8 Å². The molecule has 146 valence electrons. The van der Waals surface area contributed by atoms with E-state index in [1.807, 2.05) is 13.8 Å². The Morgan fingerprint density at radius 2 is 2.15 bits per heavy atom. The molecule has 0 aliphatic carbocycles. The number of pyridine rings is 1. The molecule has 0 radical (unpaired) electrons. The fourth-order valence-electron chi connectivity index (χ4n) is 3.19. The van der Waals surface area contributed by atoms with Crippen LogP contribution in [0.5, 0.6) is 0 Å². The molecule has 0 bridgehead atoms. The molecule has 1 saturated heterocycles. The molecule has 1 amide bonds. The van der Waals surface area contributed by atoms with E-state index in [1.165, 1.54) is 16.9 Å². The summed E-state index contributed by atoms with van der Waals surface area (Å²) >= 11 is 0. The number of nitrogens with one attached hydrogen (secondary N) is 2. The summed E-state index contributed by atoms with van der Waals surface area (Å²) < 4.78 is 39.6. The van der Waals surface area contributed by atoms with E-state index in [-0.39, 0.29) is 23.7 Å². The summed E-state index contributed by atoms with van der Waals surface area (Å²) in [6, 6.07) is 2.48. The second-order valence-electron chi connectivity index (χ2n) is 6.92. The molecule has 1 aliphatic heterocycles. The zero-order chi connectivity index (χ0) is 19.6. The van der Waals surface area contributed by atoms with Crippen LogP contribution >= 0.6 is 0 Å². The maximum Gasteiger partial charge on any atom is 0.417 e. The van der Waals surface area contributed by atoms with Crippen molar-refractivity contribution in [3.05, 3.63) is 41.3 Å². The van der Waals surface area contributed by atoms with E-state index in [0.29, 0.717) is 17.8 Å². The lowest BCUT2D eigenvalue weighted by Crippen LogP contribution is -2.37. The third-order valence-electron chi connectivity index (χ3n) is 4.56. The standard InChI is InChI=1S/C18H22F3N5O/c1-11(2)16-14(17(27)24-9-13-4-3-7-22-13)10-25-26(16)15-6-5-12(8-23-15)18(19,20)21/h5-6,8,10-11,13,22H,3-4,7,9H2,1-2H3,(H,24,27). The highest BCUT2D eigenvalue weighted by Gasteiger charge is 2.31. The van der Waals surface area contributed by atoms with Gasteiger partial charge in [0.05, 0.1) is 23.0 Å². The molecule has 1 atom stereocenters. The first-order valence-electron chi connectivity index (χ1n) is 8.90. The Morgan fingerprint density at radius 1 is 1.37 bits per heavy atom. The van der Waals surface area contributed by atoms with Gasteiger partial charge in [0.1, 0.15) is 0 Å². The van der Waals surface area contributed by atoms with Crippen molar-refractivity contribution in [1.29, 1.82) is 0 Å². The molecule has 0 spiro atoms. The van der Waals surface area contributed by atoms with E-state index in [2.05, 4.69) is 20.7 Å². The lowest BCUT2D eigenvalue weighted by Gasteiger charge is -2.14. The molecular formula is C18H22F3N5O. The zero-order valence-electron chi connectivity index (χ0n) is 15.2. The average molecular weight is 381 g/mol. The van der Waals surface area contributed by atoms with E-state index in [0.717, 1.165) is 31.6 Å². The number of nitrogens with zero attached hydrogens (tertiary/aromatic N) is 3. The zero-order valence-corrected chi connectivity index (χ0v) is 15.2. The van der Waals surface area contributed by atoms with Crippen LogP contribution < -0.4 is 10.6 Å². The van der Waals surface area contributed by atoms with Crippen LogP contribution in [-0.4, -0.2) is 39.8 Å². The number of alkyl halides is 3. The molecule has 2 N–H and O–H groups in total. The molecule has 9 heteroatoms. The third kappa shape index (κ3) is 4.29. The molecule has 1 fully saturated rings. The number of aromatic nitrogens is 3. The van der Waals surface area contributed by atoms with E-state index < -0.39 is 11.7 Å². The van der Waals surface area contributed by atoms with E-state index >= 15 is 0 Å². The van der Waals surface area contributed by atoms with E-state index in [4.69, 9.17) is 0 Å². The molecule has 2 aromatic rings. The Balaban J connectivity index is 1.83. The Kier molecular flexibility index (Phi) is 5.50. The van der Waals surface area contributed by atoms with Crippen LogP contribution in [0.2, 0.25) is 0 Å². The first kappa shape index (κ1) is 19.3. The van der Waals surface area contributed by atoms with Gasteiger partial charge in [-0.25, -0.2) is 9.67 Å². The number of hydrogen-bond acceptors (Lipinski definition) is 4. The van der Waals surface area contributed by atoms with Crippen molar-refractivity contribution in [2.45, 2.75) is 44.8 Å². The van der Waals surface area contributed by atoms with Gasteiger partial charge in [-0.05, 0) is 37.4 Å². The summed E-state index contributed by atoms with van der Waals surface area (Å²) in [5.41, 5.74) is 0.190. The Morgan fingerprint density at radius 3 is 2.70 bits per heavy atom. The molecular weight excluding hydrogens is 359 g/mol. The number of hydrogen-bond donors (Lipinski definition) is 2. The molecule has 0 saturated carbocycles. The maximum absolute atomic E-state index is 12.7. The number of halogens is 3. The summed E-state index contributed by atoms with van der Waals surface area (Å²) in [6.07, 6.45) is -0.129. The van der Waals surface area contributed by atoms with Gasteiger partial charge in [-0.3, -0.25) is 4.79 Å². The normalized spacial score (nSPS) is 17.5. The van der Waals surface area contributed by atoms with Crippen LogP contribution in [0.4, 0.5) is 13.2 Å². The first-order chi connectivity index (χ1) is 12.8. The van der Waals surface area contributed by atoms with Crippen LogP contribution in [0, 0.1) is 0 Å². The molecule has 2 aromatic heterocycles. The van der Waals surface area contributed by atoms with Gasteiger partial charge in [0.25, 0.3) is 5.91 Å². The molecule has 3 rings (SSSR count). The van der Waals surface area contributed by atoms with Gasteiger partial charge in [0, 0.05) is 18.8 Å². The molecule has 1 aliphatic rings. The monoisotopic (exact) mass is 381 g/mol. The molecule has 3 heterocycles. The Labute approximate surface area is 155 Å². The summed E-state index contributed by atoms with van der Waals surface area (Å²) in [6.45, 7) is 5.27. The summed E-state index contributed by atoms with van der Waals surface area (Å²) in [5.74, 6) is -0.0734. The molecule has 1 unspecified atom stereocenters. The van der Waals surface area contributed by atoms with E-state index in [9.17, 15) is 18.0 Å². The minimum Gasteiger partial charge on any atom is -0.350 e. The third-order valence-corrected chi connectivity index (χ3v) is 4.56. The van der Waals surface area contributed by atoms with Crippen LogP contribution in [-0.2, 0) is 6.18 Å². The van der Waals surface area contributed by atoms with Crippen LogP contribution in [0.15, 0.2) is 24.5 Å². The Hall–Kier alpha value is -2.42. The number of amides is 1. The van der Waals surface area contributed by atoms with Gasteiger partial charge < -0.3 is 10.6 Å². The highest BCUT2D eigenvalue weighted by atomic mass is 19.4. The van der Waals surface area contributed by atoms with Crippen molar-refractivity contribution >= 4 is 5.91 Å². The second-order valence-corrected chi connectivity index (χ2v) is 6.92. The summed E-state index contributed by atoms with van der Waals surface area (Å²) in [7, 11) is 0. The quantitative estimate of drug-likeness (QED) is 0.836. The lowest BCUT2D eigenvalue weighted by atomic mass is 10.1. The number of carbonyl (C=O) groups excluding carboxylic acids is 1. The highest BCUT2D eigenvalue weighted by molar-refractivity contribution is 5.95. The summed E-state index contributed by atoms with van der Waals surface area (Å²) in [5, 5.41) is 10.4. The SMILES string of the molecule is CC(C)c1c(C(=O)NCC2CCCN2)cnn1-c1ccc(C(F)(F)F)cn1. The summed E-state index contributed by atoms with van der Waals surface area (Å²) in [4.78, 5) is 16.5. The highest BCUT2D eigenvalue weighted by Crippen LogP contribution is 2.29. The number of rotatable bonds is 5. The van der Waals surface area contributed by atoms with Gasteiger partial charge in [0.2, 0.25) is 0 Å². The number of carbonyl (C=O) groups is 1. The molecule has 0 aromatic carbocycles. The molecule has 6 nitrogen and oxygen atoms in total. The lowest BCUT2D eigenvalue weighted by molar-refractivity contribution is -0.137. The van der Waals surface area contributed by atoms with Crippen LogP contribution in [0.1, 0.15) is 54.2 Å².